The SMILES string of the molecule is CCC[Si]1(C)OC(=O)c2ccccc2O1. The highest BCUT2D eigenvalue weighted by molar-refractivity contribution is 6.69. The van der Waals surface area contributed by atoms with E-state index in [9.17, 15) is 4.79 Å². The van der Waals surface area contributed by atoms with Gasteiger partial charge in [-0.2, -0.15) is 0 Å². The average Bonchev–Trinajstić information content (AvgIpc) is 2.17. The number of rotatable bonds is 2. The molecule has 3 nitrogen and oxygen atoms in total. The van der Waals surface area contributed by atoms with Crippen molar-refractivity contribution in [1.82, 2.24) is 0 Å². The summed E-state index contributed by atoms with van der Waals surface area (Å²) in [6.07, 6.45) is 0.970. The lowest BCUT2D eigenvalue weighted by Crippen LogP contribution is -2.47. The fourth-order valence-electron chi connectivity index (χ4n) is 1.78. The minimum Gasteiger partial charge on any atom is -0.511 e. The Hall–Kier alpha value is -1.29. The monoisotopic (exact) mass is 222 g/mol. The standard InChI is InChI=1S/C11H14O3Si/c1-3-8-15(2)13-10-7-5-4-6-9(10)11(12)14-15/h4-7H,3,8H2,1-2H3. The van der Waals surface area contributed by atoms with E-state index in [4.69, 9.17) is 8.85 Å². The van der Waals surface area contributed by atoms with Gasteiger partial charge in [-0.3, -0.25) is 0 Å². The van der Waals surface area contributed by atoms with Gasteiger partial charge in [-0.05, 0) is 12.1 Å². The van der Waals surface area contributed by atoms with Gasteiger partial charge in [0, 0.05) is 12.6 Å². The Morgan fingerprint density at radius 3 is 2.73 bits per heavy atom. The van der Waals surface area contributed by atoms with E-state index in [2.05, 4.69) is 6.92 Å². The fraction of sp³-hybridized carbons (Fsp3) is 0.364. The molecule has 2 rings (SSSR count). The largest absolute Gasteiger partial charge is 0.511 e. The van der Waals surface area contributed by atoms with Crippen molar-refractivity contribution >= 4 is 14.5 Å². The lowest BCUT2D eigenvalue weighted by molar-refractivity contribution is 0.0656. The topological polar surface area (TPSA) is 35.5 Å². The third-order valence-corrected chi connectivity index (χ3v) is 5.12. The smallest absolute Gasteiger partial charge is 0.459 e. The zero-order valence-corrected chi connectivity index (χ0v) is 9.95. The molecule has 15 heavy (non-hydrogen) atoms. The van der Waals surface area contributed by atoms with Crippen LogP contribution in [0.25, 0.3) is 0 Å². The van der Waals surface area contributed by atoms with Gasteiger partial charge in [0.1, 0.15) is 5.75 Å². The van der Waals surface area contributed by atoms with Crippen molar-refractivity contribution in [2.75, 3.05) is 0 Å². The normalized spacial score (nSPS) is 24.0. The molecule has 0 aromatic heterocycles. The van der Waals surface area contributed by atoms with Crippen LogP contribution >= 0.6 is 0 Å². The molecule has 1 aromatic rings. The van der Waals surface area contributed by atoms with Gasteiger partial charge in [-0.1, -0.05) is 25.5 Å². The number of hydrogen-bond acceptors (Lipinski definition) is 3. The molecule has 0 spiro atoms. The van der Waals surface area contributed by atoms with Gasteiger partial charge in [0.05, 0.1) is 5.56 Å². The molecule has 1 aliphatic heterocycles. The molecule has 0 N–H and O–H groups in total. The second-order valence-corrected chi connectivity index (χ2v) is 7.05. The van der Waals surface area contributed by atoms with Crippen molar-refractivity contribution in [2.45, 2.75) is 25.9 Å². The third-order valence-electron chi connectivity index (χ3n) is 2.45. The summed E-state index contributed by atoms with van der Waals surface area (Å²) < 4.78 is 11.2. The molecular weight excluding hydrogens is 208 g/mol. The summed E-state index contributed by atoms with van der Waals surface area (Å²) in [5.74, 6) is 0.441. The molecular formula is C11H14O3Si. The molecule has 0 saturated carbocycles. The van der Waals surface area contributed by atoms with Gasteiger partial charge in [0.15, 0.2) is 0 Å². The number of carbonyl (C=O) groups is 1. The summed E-state index contributed by atoms with van der Waals surface area (Å²) in [5.41, 5.74) is 0.540. The Balaban J connectivity index is 2.34. The van der Waals surface area contributed by atoms with Gasteiger partial charge in [0.25, 0.3) is 0 Å². The molecule has 0 amide bonds. The van der Waals surface area contributed by atoms with Crippen LogP contribution in [0.5, 0.6) is 5.75 Å². The molecule has 4 heteroatoms. The summed E-state index contributed by atoms with van der Waals surface area (Å²) >= 11 is 0. The molecule has 1 unspecified atom stereocenters. The van der Waals surface area contributed by atoms with Crippen LogP contribution in [0.15, 0.2) is 24.3 Å². The third kappa shape index (κ3) is 1.90. The van der Waals surface area contributed by atoms with E-state index >= 15 is 0 Å². The van der Waals surface area contributed by atoms with E-state index in [0.717, 1.165) is 12.5 Å². The molecule has 1 aliphatic rings. The van der Waals surface area contributed by atoms with Crippen molar-refractivity contribution in [2.24, 2.45) is 0 Å². The van der Waals surface area contributed by atoms with Gasteiger partial charge in [-0.15, -0.1) is 0 Å². The summed E-state index contributed by atoms with van der Waals surface area (Å²) in [6.45, 7) is 4.00. The van der Waals surface area contributed by atoms with Crippen molar-refractivity contribution in [3.8, 4) is 5.75 Å². The van der Waals surface area contributed by atoms with Crippen LogP contribution in [0.4, 0.5) is 0 Å². The lowest BCUT2D eigenvalue weighted by Gasteiger charge is -2.32. The van der Waals surface area contributed by atoms with Crippen molar-refractivity contribution in [3.05, 3.63) is 29.8 Å². The lowest BCUT2D eigenvalue weighted by atomic mass is 10.2. The predicted molar refractivity (Wildman–Crippen MR) is 59.2 cm³/mol. The number of benzene rings is 1. The van der Waals surface area contributed by atoms with E-state index in [1.165, 1.54) is 0 Å². The highest BCUT2D eigenvalue weighted by atomic mass is 28.4. The van der Waals surface area contributed by atoms with E-state index in [0.29, 0.717) is 11.3 Å². The molecule has 1 aromatic carbocycles. The second kappa shape index (κ2) is 3.70. The molecule has 1 heterocycles. The van der Waals surface area contributed by atoms with Crippen LogP contribution in [0.1, 0.15) is 23.7 Å². The molecule has 0 saturated heterocycles. The fourth-order valence-corrected chi connectivity index (χ4v) is 4.08. The number of hydrogen-bond donors (Lipinski definition) is 0. The van der Waals surface area contributed by atoms with E-state index in [-0.39, 0.29) is 5.97 Å². The molecule has 0 fully saturated rings. The van der Waals surface area contributed by atoms with Crippen LogP contribution in [0.2, 0.25) is 12.6 Å². The Labute approximate surface area is 90.3 Å². The molecule has 80 valence electrons. The highest BCUT2D eigenvalue weighted by Gasteiger charge is 2.42. The van der Waals surface area contributed by atoms with E-state index in [1.807, 2.05) is 24.7 Å². The van der Waals surface area contributed by atoms with Crippen molar-refractivity contribution in [3.63, 3.8) is 0 Å². The van der Waals surface area contributed by atoms with Crippen LogP contribution in [0.3, 0.4) is 0 Å². The van der Waals surface area contributed by atoms with Crippen LogP contribution in [-0.2, 0) is 4.43 Å². The van der Waals surface area contributed by atoms with E-state index in [1.54, 1.807) is 6.07 Å². The van der Waals surface area contributed by atoms with Gasteiger partial charge < -0.3 is 8.85 Å². The maximum absolute atomic E-state index is 11.7. The minimum absolute atomic E-state index is 0.237. The first-order chi connectivity index (χ1) is 7.14. The minimum atomic E-state index is -2.30. The first-order valence-corrected chi connectivity index (χ1v) is 7.68. The van der Waals surface area contributed by atoms with Crippen LogP contribution in [-0.4, -0.2) is 14.5 Å². The van der Waals surface area contributed by atoms with Crippen molar-refractivity contribution < 1.29 is 13.6 Å². The summed E-state index contributed by atoms with van der Waals surface area (Å²) in [5, 5.41) is 0. The van der Waals surface area contributed by atoms with Crippen LogP contribution < -0.4 is 4.43 Å². The molecule has 1 atom stereocenters. The van der Waals surface area contributed by atoms with Crippen molar-refractivity contribution in [1.29, 1.82) is 0 Å². The van der Waals surface area contributed by atoms with Gasteiger partial charge in [-0.25, -0.2) is 4.79 Å². The Bertz CT molecular complexity index is 391. The number of para-hydroxylation sites is 1. The van der Waals surface area contributed by atoms with Gasteiger partial charge in [0.2, 0.25) is 0 Å². The molecule has 0 aliphatic carbocycles. The number of carbonyl (C=O) groups excluding carboxylic acids is 1. The zero-order chi connectivity index (χ0) is 10.9. The maximum Gasteiger partial charge on any atom is 0.459 e. The highest BCUT2D eigenvalue weighted by Crippen LogP contribution is 2.31. The molecule has 0 bridgehead atoms. The first-order valence-electron chi connectivity index (χ1n) is 5.16. The Morgan fingerprint density at radius 1 is 1.27 bits per heavy atom. The zero-order valence-electron chi connectivity index (χ0n) is 8.95. The Kier molecular flexibility index (Phi) is 2.52. The summed E-state index contributed by atoms with van der Waals surface area (Å²) in [6, 6.07) is 8.09. The second-order valence-electron chi connectivity index (χ2n) is 3.87. The van der Waals surface area contributed by atoms with Crippen LogP contribution in [0, 0.1) is 0 Å². The average molecular weight is 222 g/mol. The maximum atomic E-state index is 11.7. The quantitative estimate of drug-likeness (QED) is 0.722. The number of fused-ring (bicyclic) bond motifs is 1. The summed E-state index contributed by atoms with van der Waals surface area (Å²) in [4.78, 5) is 11.7. The summed E-state index contributed by atoms with van der Waals surface area (Å²) in [7, 11) is -2.30. The van der Waals surface area contributed by atoms with Gasteiger partial charge >= 0.3 is 14.5 Å². The first kappa shape index (κ1) is 10.2. The van der Waals surface area contributed by atoms with E-state index < -0.39 is 8.56 Å². The predicted octanol–water partition coefficient (Wildman–Crippen LogP) is 2.72. The Morgan fingerprint density at radius 2 is 2.00 bits per heavy atom. The molecule has 0 radical (unpaired) electrons.